The van der Waals surface area contributed by atoms with Gasteiger partial charge in [0.25, 0.3) is 11.5 Å². The highest BCUT2D eigenvalue weighted by Gasteiger charge is 2.24. The predicted molar refractivity (Wildman–Crippen MR) is 119 cm³/mol. The Bertz CT molecular complexity index is 1330. The minimum absolute atomic E-state index is 0.0643. The lowest BCUT2D eigenvalue weighted by Crippen LogP contribution is -2.40. The lowest BCUT2D eigenvalue weighted by Gasteiger charge is -2.22. The molecule has 4 aromatic rings. The molecule has 9 heteroatoms. The second-order valence-electron chi connectivity index (χ2n) is 6.92. The van der Waals surface area contributed by atoms with Crippen LogP contribution in [0.25, 0.3) is 6.08 Å². The maximum Gasteiger partial charge on any atom is 0.330 e. The largest absolute Gasteiger partial charge is 0.467 e. The first-order valence-electron chi connectivity index (χ1n) is 9.75. The molecule has 3 heterocycles. The summed E-state index contributed by atoms with van der Waals surface area (Å²) < 4.78 is 11.8. The Morgan fingerprint density at radius 2 is 1.78 bits per heavy atom. The van der Waals surface area contributed by atoms with Crippen molar-refractivity contribution in [3.63, 3.8) is 0 Å². The zero-order valence-corrected chi connectivity index (χ0v) is 16.9. The SMILES string of the molecule is Nc1c(N(Cc2ccco2)C(=O)C=Cc2ccco2)c(=O)[nH]c(=O)n1Cc1ccccc1. The molecule has 0 saturated heterocycles. The van der Waals surface area contributed by atoms with Crippen molar-refractivity contribution >= 4 is 23.5 Å². The summed E-state index contributed by atoms with van der Waals surface area (Å²) in [7, 11) is 0. The number of carbonyl (C=O) groups is 1. The van der Waals surface area contributed by atoms with E-state index in [1.807, 2.05) is 30.3 Å². The van der Waals surface area contributed by atoms with Crippen molar-refractivity contribution in [1.82, 2.24) is 9.55 Å². The first kappa shape index (κ1) is 20.7. The van der Waals surface area contributed by atoms with Gasteiger partial charge in [-0.1, -0.05) is 30.3 Å². The van der Waals surface area contributed by atoms with E-state index in [-0.39, 0.29) is 24.6 Å². The lowest BCUT2D eigenvalue weighted by atomic mass is 10.2. The van der Waals surface area contributed by atoms with Crippen molar-refractivity contribution in [1.29, 1.82) is 0 Å². The zero-order valence-electron chi connectivity index (χ0n) is 16.9. The monoisotopic (exact) mass is 432 g/mol. The van der Waals surface area contributed by atoms with Crippen molar-refractivity contribution < 1.29 is 13.6 Å². The number of rotatable bonds is 7. The number of amides is 1. The quantitative estimate of drug-likeness (QED) is 0.432. The van der Waals surface area contributed by atoms with Crippen LogP contribution in [0.2, 0.25) is 0 Å². The van der Waals surface area contributed by atoms with Crippen LogP contribution < -0.4 is 21.9 Å². The average molecular weight is 432 g/mol. The van der Waals surface area contributed by atoms with Crippen LogP contribution in [-0.2, 0) is 17.9 Å². The zero-order chi connectivity index (χ0) is 22.5. The van der Waals surface area contributed by atoms with Crippen LogP contribution in [0.3, 0.4) is 0 Å². The highest BCUT2D eigenvalue weighted by Crippen LogP contribution is 2.21. The number of aromatic amines is 1. The van der Waals surface area contributed by atoms with E-state index >= 15 is 0 Å². The number of nitrogens with two attached hydrogens (primary N) is 1. The number of nitrogens with one attached hydrogen (secondary N) is 1. The molecule has 3 aromatic heterocycles. The number of aromatic nitrogens is 2. The third-order valence-electron chi connectivity index (χ3n) is 4.76. The van der Waals surface area contributed by atoms with Gasteiger partial charge in [0.1, 0.15) is 17.3 Å². The molecule has 0 unspecified atom stereocenters. The standard InChI is InChI=1S/C23H20N4O5/c24-21-20(22(29)25-23(30)27(21)14-16-6-2-1-3-7-16)26(15-18-9-5-13-32-18)19(28)11-10-17-8-4-12-31-17/h1-13H,14-15,24H2,(H,25,29,30). The van der Waals surface area contributed by atoms with E-state index in [2.05, 4.69) is 4.98 Å². The minimum Gasteiger partial charge on any atom is -0.467 e. The van der Waals surface area contributed by atoms with Gasteiger partial charge in [0.2, 0.25) is 0 Å². The second kappa shape index (κ2) is 9.09. The Kier molecular flexibility index (Phi) is 5.89. The van der Waals surface area contributed by atoms with Crippen molar-refractivity contribution in [3.05, 3.63) is 111 Å². The van der Waals surface area contributed by atoms with Crippen LogP contribution in [-0.4, -0.2) is 15.5 Å². The van der Waals surface area contributed by atoms with Crippen LogP contribution >= 0.6 is 0 Å². The van der Waals surface area contributed by atoms with Crippen LogP contribution in [0.4, 0.5) is 11.5 Å². The van der Waals surface area contributed by atoms with Crippen LogP contribution in [0, 0.1) is 0 Å². The third-order valence-corrected chi connectivity index (χ3v) is 4.76. The van der Waals surface area contributed by atoms with Crippen LogP contribution in [0.1, 0.15) is 17.1 Å². The van der Waals surface area contributed by atoms with Gasteiger partial charge in [-0.05, 0) is 35.9 Å². The molecule has 0 saturated carbocycles. The highest BCUT2D eigenvalue weighted by atomic mass is 16.3. The predicted octanol–water partition coefficient (Wildman–Crippen LogP) is 2.60. The summed E-state index contributed by atoms with van der Waals surface area (Å²) in [4.78, 5) is 41.7. The number of anilines is 2. The third kappa shape index (κ3) is 4.46. The number of nitrogens with zero attached hydrogens (tertiary/aromatic N) is 2. The molecule has 32 heavy (non-hydrogen) atoms. The number of nitrogen functional groups attached to an aromatic ring is 1. The lowest BCUT2D eigenvalue weighted by molar-refractivity contribution is -0.114. The van der Waals surface area contributed by atoms with Crippen molar-refractivity contribution in [2.24, 2.45) is 0 Å². The van der Waals surface area contributed by atoms with Gasteiger partial charge in [0, 0.05) is 6.08 Å². The van der Waals surface area contributed by atoms with Gasteiger partial charge < -0.3 is 14.6 Å². The molecule has 0 radical (unpaired) electrons. The molecular formula is C23H20N4O5. The van der Waals surface area contributed by atoms with Crippen molar-refractivity contribution in [2.75, 3.05) is 10.6 Å². The van der Waals surface area contributed by atoms with Crippen LogP contribution in [0.5, 0.6) is 0 Å². The molecule has 0 atom stereocenters. The maximum absolute atomic E-state index is 13.1. The molecule has 4 rings (SSSR count). The van der Waals surface area contributed by atoms with E-state index in [4.69, 9.17) is 14.6 Å². The molecule has 0 spiro atoms. The Morgan fingerprint density at radius 3 is 2.47 bits per heavy atom. The first-order chi connectivity index (χ1) is 15.5. The summed E-state index contributed by atoms with van der Waals surface area (Å²) in [5, 5.41) is 0. The van der Waals surface area contributed by atoms with Crippen LogP contribution in [0.15, 0.2) is 91.6 Å². The van der Waals surface area contributed by atoms with Gasteiger partial charge in [-0.3, -0.25) is 24.0 Å². The van der Waals surface area contributed by atoms with Gasteiger partial charge in [0.05, 0.1) is 25.6 Å². The number of hydrogen-bond donors (Lipinski definition) is 2. The number of H-pyrrole nitrogens is 1. The van der Waals surface area contributed by atoms with Gasteiger partial charge in [0.15, 0.2) is 5.69 Å². The van der Waals surface area contributed by atoms with E-state index in [0.717, 1.165) is 10.5 Å². The Morgan fingerprint density at radius 1 is 1.03 bits per heavy atom. The fraction of sp³-hybridized carbons (Fsp3) is 0.0870. The molecule has 1 aromatic carbocycles. The normalized spacial score (nSPS) is 11.1. The number of hydrogen-bond acceptors (Lipinski definition) is 6. The van der Waals surface area contributed by atoms with Gasteiger partial charge >= 0.3 is 5.69 Å². The number of carbonyl (C=O) groups excluding carboxylic acids is 1. The molecule has 3 N–H and O–H groups in total. The van der Waals surface area contributed by atoms with Gasteiger partial charge in [-0.15, -0.1) is 0 Å². The van der Waals surface area contributed by atoms with E-state index in [9.17, 15) is 14.4 Å². The average Bonchev–Trinajstić information content (AvgIpc) is 3.49. The fourth-order valence-corrected chi connectivity index (χ4v) is 3.22. The molecule has 0 aliphatic carbocycles. The number of furan rings is 2. The topological polar surface area (TPSA) is 127 Å². The molecule has 162 valence electrons. The van der Waals surface area contributed by atoms with Crippen molar-refractivity contribution in [2.45, 2.75) is 13.1 Å². The molecular weight excluding hydrogens is 412 g/mol. The smallest absolute Gasteiger partial charge is 0.330 e. The molecule has 9 nitrogen and oxygen atoms in total. The van der Waals surface area contributed by atoms with E-state index < -0.39 is 17.2 Å². The minimum atomic E-state index is -0.775. The summed E-state index contributed by atoms with van der Waals surface area (Å²) in [6.45, 7) is 0.0610. The first-order valence-corrected chi connectivity index (χ1v) is 9.75. The fourth-order valence-electron chi connectivity index (χ4n) is 3.22. The van der Waals surface area contributed by atoms with E-state index in [1.54, 1.807) is 24.3 Å². The maximum atomic E-state index is 13.1. The molecule has 0 aliphatic heterocycles. The Hall–Kier alpha value is -4.53. The Labute approximate surface area is 182 Å². The molecule has 0 fully saturated rings. The molecule has 0 bridgehead atoms. The summed E-state index contributed by atoms with van der Waals surface area (Å²) in [5.74, 6) is 0.227. The summed E-state index contributed by atoms with van der Waals surface area (Å²) in [5.41, 5.74) is 5.48. The van der Waals surface area contributed by atoms with E-state index in [1.165, 1.54) is 29.2 Å². The van der Waals surface area contributed by atoms with Gasteiger partial charge in [-0.25, -0.2) is 4.79 Å². The van der Waals surface area contributed by atoms with E-state index in [0.29, 0.717) is 11.5 Å². The highest BCUT2D eigenvalue weighted by molar-refractivity contribution is 6.04. The summed E-state index contributed by atoms with van der Waals surface area (Å²) in [6.07, 6.45) is 5.67. The van der Waals surface area contributed by atoms with Gasteiger partial charge in [-0.2, -0.15) is 0 Å². The van der Waals surface area contributed by atoms with Crippen molar-refractivity contribution in [3.8, 4) is 0 Å². The summed E-state index contributed by atoms with van der Waals surface area (Å²) in [6, 6.07) is 15.9. The second-order valence-corrected chi connectivity index (χ2v) is 6.92. The Balaban J connectivity index is 1.77. The molecule has 1 amide bonds. The number of benzene rings is 1. The summed E-state index contributed by atoms with van der Waals surface area (Å²) >= 11 is 0. The molecule has 0 aliphatic rings.